The van der Waals surface area contributed by atoms with E-state index >= 15 is 0 Å². The van der Waals surface area contributed by atoms with E-state index in [-0.39, 0.29) is 18.3 Å². The summed E-state index contributed by atoms with van der Waals surface area (Å²) in [6.07, 6.45) is 2.42. The average molecular weight is 313 g/mol. The van der Waals surface area contributed by atoms with Crippen molar-refractivity contribution >= 4 is 18.3 Å². The van der Waals surface area contributed by atoms with Gasteiger partial charge in [-0.25, -0.2) is 0 Å². The molecule has 0 spiro atoms. The fourth-order valence-electron chi connectivity index (χ4n) is 2.52. The van der Waals surface area contributed by atoms with E-state index in [4.69, 9.17) is 4.74 Å². The van der Waals surface area contributed by atoms with Gasteiger partial charge in [-0.3, -0.25) is 4.79 Å². The maximum Gasteiger partial charge on any atom is 0.222 e. The third kappa shape index (κ3) is 5.21. The molecule has 2 rings (SSSR count). The molecule has 1 aliphatic rings. The summed E-state index contributed by atoms with van der Waals surface area (Å²) in [6, 6.07) is 8.37. The van der Waals surface area contributed by atoms with E-state index in [2.05, 4.69) is 5.32 Å². The topological polar surface area (TPSA) is 41.6 Å². The van der Waals surface area contributed by atoms with Gasteiger partial charge in [-0.1, -0.05) is 12.1 Å². The Morgan fingerprint density at radius 1 is 1.38 bits per heavy atom. The molecule has 1 saturated heterocycles. The Bertz CT molecular complexity index is 430. The first-order valence-corrected chi connectivity index (χ1v) is 7.39. The van der Waals surface area contributed by atoms with Gasteiger partial charge in [0.1, 0.15) is 5.75 Å². The van der Waals surface area contributed by atoms with Crippen LogP contribution in [0.2, 0.25) is 0 Å². The van der Waals surface area contributed by atoms with Crippen LogP contribution in [0.25, 0.3) is 0 Å². The van der Waals surface area contributed by atoms with Crippen molar-refractivity contribution in [3.8, 4) is 5.75 Å². The molecule has 1 unspecified atom stereocenters. The Balaban J connectivity index is 0.00000220. The number of hydrogen-bond acceptors (Lipinski definition) is 3. The van der Waals surface area contributed by atoms with Gasteiger partial charge in [0.05, 0.1) is 6.61 Å². The van der Waals surface area contributed by atoms with Gasteiger partial charge >= 0.3 is 0 Å². The molecule has 118 valence electrons. The van der Waals surface area contributed by atoms with E-state index in [1.165, 1.54) is 5.56 Å². The summed E-state index contributed by atoms with van der Waals surface area (Å²) in [5.74, 6) is 1.12. The molecule has 0 bridgehead atoms. The van der Waals surface area contributed by atoms with Crippen molar-refractivity contribution in [2.75, 3.05) is 26.7 Å². The number of ether oxygens (including phenoxy) is 1. The first-order chi connectivity index (χ1) is 9.70. The fraction of sp³-hybridized carbons (Fsp3) is 0.562. The first kappa shape index (κ1) is 17.8. The Morgan fingerprint density at radius 3 is 2.67 bits per heavy atom. The molecule has 0 aromatic heterocycles. The molecular weight excluding hydrogens is 288 g/mol. The van der Waals surface area contributed by atoms with Crippen molar-refractivity contribution in [3.63, 3.8) is 0 Å². The van der Waals surface area contributed by atoms with Crippen LogP contribution >= 0.6 is 12.4 Å². The second kappa shape index (κ2) is 8.90. The Labute approximate surface area is 133 Å². The Kier molecular flexibility index (Phi) is 7.54. The highest BCUT2D eigenvalue weighted by Gasteiger charge is 2.22. The maximum atomic E-state index is 12.1. The van der Waals surface area contributed by atoms with Crippen molar-refractivity contribution in [1.29, 1.82) is 0 Å². The van der Waals surface area contributed by atoms with Crippen LogP contribution in [0.4, 0.5) is 0 Å². The van der Waals surface area contributed by atoms with Crippen molar-refractivity contribution in [3.05, 3.63) is 29.8 Å². The number of aryl methyl sites for hydroxylation is 1. The van der Waals surface area contributed by atoms with Gasteiger partial charge in [0.25, 0.3) is 0 Å². The van der Waals surface area contributed by atoms with Gasteiger partial charge in [-0.2, -0.15) is 0 Å². The van der Waals surface area contributed by atoms with E-state index in [0.29, 0.717) is 19.1 Å². The normalized spacial score (nSPS) is 17.1. The van der Waals surface area contributed by atoms with Gasteiger partial charge in [0.2, 0.25) is 5.91 Å². The predicted octanol–water partition coefficient (Wildman–Crippen LogP) is 2.26. The highest BCUT2D eigenvalue weighted by atomic mass is 35.5. The van der Waals surface area contributed by atoms with Crippen LogP contribution in [0.15, 0.2) is 24.3 Å². The lowest BCUT2D eigenvalue weighted by atomic mass is 10.1. The molecule has 21 heavy (non-hydrogen) atoms. The molecule has 1 fully saturated rings. The first-order valence-electron chi connectivity index (χ1n) is 7.39. The van der Waals surface area contributed by atoms with Crippen LogP contribution in [0.3, 0.4) is 0 Å². The standard InChI is InChI=1S/C16H24N2O2.ClH/c1-3-20-15-7-4-13(5-8-15)6-9-16(19)18(2)14-10-11-17-12-14;/h4-5,7-8,14,17H,3,6,9-12H2,1-2H3;1H. The summed E-state index contributed by atoms with van der Waals surface area (Å²) in [7, 11) is 1.91. The molecule has 4 nitrogen and oxygen atoms in total. The van der Waals surface area contributed by atoms with Crippen LogP contribution < -0.4 is 10.1 Å². The largest absolute Gasteiger partial charge is 0.494 e. The number of halogens is 1. The smallest absolute Gasteiger partial charge is 0.222 e. The zero-order valence-electron chi connectivity index (χ0n) is 12.8. The molecule has 1 N–H and O–H groups in total. The van der Waals surface area contributed by atoms with Crippen molar-refractivity contribution in [1.82, 2.24) is 10.2 Å². The van der Waals surface area contributed by atoms with E-state index in [1.54, 1.807) is 0 Å². The highest BCUT2D eigenvalue weighted by Crippen LogP contribution is 2.14. The summed E-state index contributed by atoms with van der Waals surface area (Å²) < 4.78 is 5.41. The quantitative estimate of drug-likeness (QED) is 0.876. The van der Waals surface area contributed by atoms with E-state index in [9.17, 15) is 4.79 Å². The number of nitrogens with zero attached hydrogens (tertiary/aromatic N) is 1. The van der Waals surface area contributed by atoms with Crippen LogP contribution in [0.5, 0.6) is 5.75 Å². The summed E-state index contributed by atoms with van der Waals surface area (Å²) in [4.78, 5) is 14.0. The number of benzene rings is 1. The van der Waals surface area contributed by atoms with Gasteiger partial charge in [-0.15, -0.1) is 12.4 Å². The van der Waals surface area contributed by atoms with Crippen molar-refractivity contribution < 1.29 is 9.53 Å². The SMILES string of the molecule is CCOc1ccc(CCC(=O)N(C)C2CCNC2)cc1.Cl. The second-order valence-electron chi connectivity index (χ2n) is 5.23. The summed E-state index contributed by atoms with van der Waals surface area (Å²) in [5.41, 5.74) is 1.18. The van der Waals surface area contributed by atoms with Gasteiger partial charge < -0.3 is 15.0 Å². The van der Waals surface area contributed by atoms with E-state index in [0.717, 1.165) is 31.7 Å². The number of carbonyl (C=O) groups is 1. The molecule has 1 heterocycles. The van der Waals surface area contributed by atoms with Crippen molar-refractivity contribution in [2.45, 2.75) is 32.2 Å². The summed E-state index contributed by atoms with van der Waals surface area (Å²) >= 11 is 0. The number of amides is 1. The Morgan fingerprint density at radius 2 is 2.10 bits per heavy atom. The lowest BCUT2D eigenvalue weighted by Gasteiger charge is -2.23. The van der Waals surface area contributed by atoms with Gasteiger partial charge in [0.15, 0.2) is 0 Å². The van der Waals surface area contributed by atoms with E-state index in [1.807, 2.05) is 43.1 Å². The molecule has 1 aromatic rings. The summed E-state index contributed by atoms with van der Waals surface area (Å²) in [6.45, 7) is 4.59. The monoisotopic (exact) mass is 312 g/mol. The minimum Gasteiger partial charge on any atom is -0.494 e. The third-order valence-corrected chi connectivity index (χ3v) is 3.84. The maximum absolute atomic E-state index is 12.1. The zero-order chi connectivity index (χ0) is 14.4. The summed E-state index contributed by atoms with van der Waals surface area (Å²) in [5, 5.41) is 3.29. The number of carbonyl (C=O) groups excluding carboxylic acids is 1. The van der Waals surface area contributed by atoms with Crippen molar-refractivity contribution in [2.24, 2.45) is 0 Å². The van der Waals surface area contributed by atoms with Crippen LogP contribution in [0.1, 0.15) is 25.3 Å². The molecule has 5 heteroatoms. The molecule has 0 aliphatic carbocycles. The molecule has 0 saturated carbocycles. The zero-order valence-corrected chi connectivity index (χ0v) is 13.6. The van der Waals surface area contributed by atoms with E-state index < -0.39 is 0 Å². The number of rotatable bonds is 6. The van der Waals surface area contributed by atoms with Crippen LogP contribution in [0, 0.1) is 0 Å². The fourth-order valence-corrected chi connectivity index (χ4v) is 2.52. The van der Waals surface area contributed by atoms with Gasteiger partial charge in [0, 0.05) is 26.1 Å². The minimum absolute atomic E-state index is 0. The molecule has 1 aliphatic heterocycles. The van der Waals surface area contributed by atoms with Gasteiger partial charge in [-0.05, 0) is 44.0 Å². The molecule has 1 amide bonds. The molecule has 1 aromatic carbocycles. The van der Waals surface area contributed by atoms with Crippen LogP contribution in [-0.4, -0.2) is 43.6 Å². The highest BCUT2D eigenvalue weighted by molar-refractivity contribution is 5.85. The lowest BCUT2D eigenvalue weighted by Crippen LogP contribution is -2.38. The van der Waals surface area contributed by atoms with Crippen LogP contribution in [-0.2, 0) is 11.2 Å². The molecular formula is C16H25ClN2O2. The second-order valence-corrected chi connectivity index (χ2v) is 5.23. The molecule has 1 atom stereocenters. The third-order valence-electron chi connectivity index (χ3n) is 3.84. The minimum atomic E-state index is 0. The molecule has 0 radical (unpaired) electrons. The average Bonchev–Trinajstić information content (AvgIpc) is 3.00. The lowest BCUT2D eigenvalue weighted by molar-refractivity contribution is -0.131. The number of nitrogens with one attached hydrogen (secondary N) is 1. The number of hydrogen-bond donors (Lipinski definition) is 1. The number of likely N-dealkylation sites (N-methyl/N-ethyl adjacent to an activating group) is 1. The Hall–Kier alpha value is -1.26. The predicted molar refractivity (Wildman–Crippen MR) is 87.2 cm³/mol.